The minimum absolute atomic E-state index is 0.122. The van der Waals surface area contributed by atoms with E-state index in [1.807, 2.05) is 24.3 Å². The van der Waals surface area contributed by atoms with Crippen molar-refractivity contribution in [3.8, 4) is 11.5 Å². The molecule has 0 aliphatic carbocycles. The first kappa shape index (κ1) is 14.4. The van der Waals surface area contributed by atoms with Gasteiger partial charge in [-0.25, -0.2) is 0 Å². The van der Waals surface area contributed by atoms with Gasteiger partial charge in [-0.05, 0) is 41.8 Å². The van der Waals surface area contributed by atoms with Crippen LogP contribution in [0.1, 0.15) is 24.1 Å². The van der Waals surface area contributed by atoms with Gasteiger partial charge in [0.15, 0.2) is 0 Å². The molecule has 1 atom stereocenters. The van der Waals surface area contributed by atoms with Crippen molar-refractivity contribution in [1.29, 1.82) is 0 Å². The van der Waals surface area contributed by atoms with Crippen LogP contribution in [0.15, 0.2) is 48.5 Å². The van der Waals surface area contributed by atoms with Crippen LogP contribution >= 0.6 is 0 Å². The quantitative estimate of drug-likeness (QED) is 0.876. The predicted octanol–water partition coefficient (Wildman–Crippen LogP) is 3.34. The number of ether oxygens (including phenoxy) is 2. The van der Waals surface area contributed by atoms with Gasteiger partial charge in [-0.3, -0.25) is 0 Å². The minimum Gasteiger partial charge on any atom is -0.497 e. The topological polar surface area (TPSA) is 44.5 Å². The molecule has 0 heterocycles. The van der Waals surface area contributed by atoms with Crippen molar-refractivity contribution in [2.24, 2.45) is 5.73 Å². The minimum atomic E-state index is -0.122. The Labute approximate surface area is 120 Å². The number of hydrogen-bond donors (Lipinski definition) is 1. The molecule has 2 aromatic rings. The maximum atomic E-state index is 6.14. The fourth-order valence-electron chi connectivity index (χ4n) is 1.95. The fourth-order valence-corrected chi connectivity index (χ4v) is 1.95. The van der Waals surface area contributed by atoms with E-state index in [1.54, 1.807) is 7.11 Å². The molecule has 0 saturated heterocycles. The Morgan fingerprint density at radius 2 is 1.55 bits per heavy atom. The molecule has 20 heavy (non-hydrogen) atoms. The van der Waals surface area contributed by atoms with Gasteiger partial charge in [0.1, 0.15) is 18.1 Å². The van der Waals surface area contributed by atoms with Crippen LogP contribution in [0.25, 0.3) is 0 Å². The van der Waals surface area contributed by atoms with E-state index < -0.39 is 0 Å². The maximum Gasteiger partial charge on any atom is 0.119 e. The first-order valence-electron chi connectivity index (χ1n) is 6.84. The first-order chi connectivity index (χ1) is 9.72. The van der Waals surface area contributed by atoms with Gasteiger partial charge < -0.3 is 15.2 Å². The number of rotatable bonds is 6. The monoisotopic (exact) mass is 271 g/mol. The largest absolute Gasteiger partial charge is 0.497 e. The lowest BCUT2D eigenvalue weighted by molar-refractivity contribution is 0.290. The molecule has 0 amide bonds. The Balaban J connectivity index is 1.91. The Hall–Kier alpha value is -2.00. The molecule has 0 aliphatic rings. The number of hydrogen-bond acceptors (Lipinski definition) is 3. The summed E-state index contributed by atoms with van der Waals surface area (Å²) in [6.07, 6.45) is 1.04. The van der Waals surface area contributed by atoms with E-state index in [9.17, 15) is 0 Å². The first-order valence-corrected chi connectivity index (χ1v) is 6.84. The van der Waals surface area contributed by atoms with Gasteiger partial charge in [0, 0.05) is 0 Å². The molecule has 1 unspecified atom stereocenters. The highest BCUT2D eigenvalue weighted by Crippen LogP contribution is 2.19. The number of methoxy groups -OCH3 is 1. The summed E-state index contributed by atoms with van der Waals surface area (Å²) in [6, 6.07) is 15.8. The second-order valence-electron chi connectivity index (χ2n) is 4.69. The van der Waals surface area contributed by atoms with Crippen molar-refractivity contribution in [2.45, 2.75) is 19.4 Å². The zero-order valence-corrected chi connectivity index (χ0v) is 12.0. The SMILES string of the molecule is CCc1ccc(C(N)COc2ccc(OC)cc2)cc1. The van der Waals surface area contributed by atoms with Gasteiger partial charge in [0.25, 0.3) is 0 Å². The van der Waals surface area contributed by atoms with Crippen molar-refractivity contribution >= 4 is 0 Å². The lowest BCUT2D eigenvalue weighted by Gasteiger charge is -2.14. The predicted molar refractivity (Wildman–Crippen MR) is 81.2 cm³/mol. The van der Waals surface area contributed by atoms with Crippen LogP contribution in [0.4, 0.5) is 0 Å². The van der Waals surface area contributed by atoms with Crippen molar-refractivity contribution < 1.29 is 9.47 Å². The molecule has 2 rings (SSSR count). The molecule has 0 spiro atoms. The molecular formula is C17H21NO2. The zero-order chi connectivity index (χ0) is 14.4. The standard InChI is InChI=1S/C17H21NO2/c1-3-13-4-6-14(7-5-13)17(18)12-20-16-10-8-15(19-2)9-11-16/h4-11,17H,3,12,18H2,1-2H3. The summed E-state index contributed by atoms with van der Waals surface area (Å²) in [5.41, 5.74) is 8.55. The summed E-state index contributed by atoms with van der Waals surface area (Å²) in [5.74, 6) is 1.61. The normalized spacial score (nSPS) is 11.9. The lowest BCUT2D eigenvalue weighted by atomic mass is 10.1. The Morgan fingerprint density at radius 3 is 2.10 bits per heavy atom. The van der Waals surface area contributed by atoms with Gasteiger partial charge in [-0.1, -0.05) is 31.2 Å². The molecule has 2 aromatic carbocycles. The third-order valence-electron chi connectivity index (χ3n) is 3.31. The summed E-state index contributed by atoms with van der Waals surface area (Å²) in [5, 5.41) is 0. The maximum absolute atomic E-state index is 6.14. The summed E-state index contributed by atoms with van der Waals surface area (Å²) < 4.78 is 10.8. The van der Waals surface area contributed by atoms with E-state index in [2.05, 4.69) is 31.2 Å². The average Bonchev–Trinajstić information content (AvgIpc) is 2.53. The highest BCUT2D eigenvalue weighted by atomic mass is 16.5. The second kappa shape index (κ2) is 6.96. The molecule has 3 nitrogen and oxygen atoms in total. The zero-order valence-electron chi connectivity index (χ0n) is 12.0. The van der Waals surface area contributed by atoms with Gasteiger partial charge >= 0.3 is 0 Å². The molecule has 0 radical (unpaired) electrons. The molecular weight excluding hydrogens is 250 g/mol. The molecule has 0 aliphatic heterocycles. The highest BCUT2D eigenvalue weighted by molar-refractivity contribution is 5.31. The smallest absolute Gasteiger partial charge is 0.119 e. The van der Waals surface area contributed by atoms with Crippen LogP contribution in [-0.2, 0) is 6.42 Å². The van der Waals surface area contributed by atoms with Crippen molar-refractivity contribution in [3.63, 3.8) is 0 Å². The number of benzene rings is 2. The highest BCUT2D eigenvalue weighted by Gasteiger charge is 2.07. The lowest BCUT2D eigenvalue weighted by Crippen LogP contribution is -2.18. The summed E-state index contributed by atoms with van der Waals surface area (Å²) in [6.45, 7) is 2.60. The Kier molecular flexibility index (Phi) is 5.02. The molecule has 106 valence electrons. The van der Waals surface area contributed by atoms with E-state index >= 15 is 0 Å². The fraction of sp³-hybridized carbons (Fsp3) is 0.294. The molecule has 3 heteroatoms. The van der Waals surface area contributed by atoms with E-state index in [0.717, 1.165) is 23.5 Å². The molecule has 0 aromatic heterocycles. The van der Waals surface area contributed by atoms with Crippen LogP contribution < -0.4 is 15.2 Å². The van der Waals surface area contributed by atoms with Crippen LogP contribution in [0, 0.1) is 0 Å². The summed E-state index contributed by atoms with van der Waals surface area (Å²) in [4.78, 5) is 0. The third-order valence-corrected chi connectivity index (χ3v) is 3.31. The molecule has 0 saturated carbocycles. The van der Waals surface area contributed by atoms with Crippen LogP contribution in [0.3, 0.4) is 0 Å². The van der Waals surface area contributed by atoms with Gasteiger partial charge in [0.05, 0.1) is 13.2 Å². The number of aryl methyl sites for hydroxylation is 1. The molecule has 0 fully saturated rings. The van der Waals surface area contributed by atoms with Gasteiger partial charge in [-0.2, -0.15) is 0 Å². The third kappa shape index (κ3) is 3.75. The van der Waals surface area contributed by atoms with Crippen molar-refractivity contribution in [1.82, 2.24) is 0 Å². The number of nitrogens with two attached hydrogens (primary N) is 1. The summed E-state index contributed by atoms with van der Waals surface area (Å²) >= 11 is 0. The Morgan fingerprint density at radius 1 is 0.950 bits per heavy atom. The molecule has 2 N–H and O–H groups in total. The van der Waals surface area contributed by atoms with E-state index in [1.165, 1.54) is 5.56 Å². The Bertz CT molecular complexity index is 520. The van der Waals surface area contributed by atoms with E-state index in [0.29, 0.717) is 6.61 Å². The van der Waals surface area contributed by atoms with Crippen LogP contribution in [0.5, 0.6) is 11.5 Å². The molecule has 0 bridgehead atoms. The van der Waals surface area contributed by atoms with Crippen LogP contribution in [0.2, 0.25) is 0 Å². The second-order valence-corrected chi connectivity index (χ2v) is 4.69. The van der Waals surface area contributed by atoms with Gasteiger partial charge in [0.2, 0.25) is 0 Å². The van der Waals surface area contributed by atoms with Crippen molar-refractivity contribution in [2.75, 3.05) is 13.7 Å². The van der Waals surface area contributed by atoms with Crippen molar-refractivity contribution in [3.05, 3.63) is 59.7 Å². The van der Waals surface area contributed by atoms with E-state index in [-0.39, 0.29) is 6.04 Å². The van der Waals surface area contributed by atoms with E-state index in [4.69, 9.17) is 15.2 Å². The summed E-state index contributed by atoms with van der Waals surface area (Å²) in [7, 11) is 1.64. The average molecular weight is 271 g/mol. The van der Waals surface area contributed by atoms with Crippen LogP contribution in [-0.4, -0.2) is 13.7 Å². The van der Waals surface area contributed by atoms with Gasteiger partial charge in [-0.15, -0.1) is 0 Å².